The van der Waals surface area contributed by atoms with E-state index >= 15 is 0 Å². The van der Waals surface area contributed by atoms with Gasteiger partial charge in [-0.3, -0.25) is 0 Å². The molecule has 0 N–H and O–H groups in total. The van der Waals surface area contributed by atoms with Crippen LogP contribution in [0.25, 0.3) is 17.2 Å². The van der Waals surface area contributed by atoms with Crippen molar-refractivity contribution >= 4 is 17.2 Å². The van der Waals surface area contributed by atoms with Crippen molar-refractivity contribution in [2.45, 2.75) is 13.8 Å². The zero-order chi connectivity index (χ0) is 9.26. The summed E-state index contributed by atoms with van der Waals surface area (Å²) in [6.45, 7) is 4.02. The van der Waals surface area contributed by atoms with Gasteiger partial charge in [0.25, 0.3) is 0 Å². The molecule has 0 atom stereocenters. The fourth-order valence-corrected chi connectivity index (χ4v) is 1.50. The summed E-state index contributed by atoms with van der Waals surface area (Å²) in [5.41, 5.74) is 2.22. The van der Waals surface area contributed by atoms with Crippen LogP contribution in [0.5, 0.6) is 0 Å². The first-order valence-corrected chi connectivity index (χ1v) is 4.39. The number of benzene rings is 1. The summed E-state index contributed by atoms with van der Waals surface area (Å²) in [6.07, 6.45) is 4.05. The highest BCUT2D eigenvalue weighted by atomic mass is 15.1. The van der Waals surface area contributed by atoms with Crippen molar-refractivity contribution in [1.29, 1.82) is 0 Å². The van der Waals surface area contributed by atoms with Gasteiger partial charge >= 0.3 is 0 Å². The molecule has 2 rings (SSSR count). The van der Waals surface area contributed by atoms with E-state index in [1.54, 1.807) is 0 Å². The Morgan fingerprint density at radius 2 is 2.08 bits per heavy atom. The van der Waals surface area contributed by atoms with E-state index in [0.717, 1.165) is 16.9 Å². The van der Waals surface area contributed by atoms with Crippen molar-refractivity contribution < 1.29 is 0 Å². The average Bonchev–Trinajstić information content (AvgIpc) is 2.44. The predicted molar refractivity (Wildman–Crippen MR) is 55.5 cm³/mol. The summed E-state index contributed by atoms with van der Waals surface area (Å²) in [5, 5.41) is 0. The molecule has 0 saturated carbocycles. The van der Waals surface area contributed by atoms with Crippen LogP contribution in [0.15, 0.2) is 30.3 Å². The first kappa shape index (κ1) is 8.05. The average molecular weight is 172 g/mol. The zero-order valence-corrected chi connectivity index (χ0v) is 7.86. The van der Waals surface area contributed by atoms with Gasteiger partial charge in [0, 0.05) is 6.20 Å². The molecule has 2 aromatic rings. The molecule has 13 heavy (non-hydrogen) atoms. The Kier molecular flexibility index (Phi) is 1.89. The second kappa shape index (κ2) is 3.05. The first-order valence-electron chi connectivity index (χ1n) is 4.39. The Bertz CT molecular complexity index is 452. The minimum atomic E-state index is 1.03. The molecule has 2 nitrogen and oxygen atoms in total. The van der Waals surface area contributed by atoms with Crippen LogP contribution >= 0.6 is 0 Å². The molecule has 0 aliphatic rings. The molecule has 0 radical (unpaired) electrons. The molecule has 0 saturated heterocycles. The minimum absolute atomic E-state index is 1.03. The van der Waals surface area contributed by atoms with E-state index in [1.165, 1.54) is 0 Å². The number of para-hydroxylation sites is 2. The van der Waals surface area contributed by atoms with E-state index in [9.17, 15) is 0 Å². The van der Waals surface area contributed by atoms with Crippen molar-refractivity contribution in [2.75, 3.05) is 0 Å². The summed E-state index contributed by atoms with van der Waals surface area (Å²) in [7, 11) is 0. The predicted octanol–water partition coefficient (Wildman–Crippen LogP) is 2.84. The molecule has 0 bridgehead atoms. The van der Waals surface area contributed by atoms with E-state index in [0.29, 0.717) is 0 Å². The van der Waals surface area contributed by atoms with E-state index in [4.69, 9.17) is 0 Å². The van der Waals surface area contributed by atoms with Crippen LogP contribution in [-0.2, 0) is 0 Å². The third kappa shape index (κ3) is 1.24. The van der Waals surface area contributed by atoms with Crippen LogP contribution < -0.4 is 0 Å². The lowest BCUT2D eigenvalue weighted by Crippen LogP contribution is -1.88. The second-order valence-corrected chi connectivity index (χ2v) is 3.00. The van der Waals surface area contributed by atoms with Crippen LogP contribution in [0, 0.1) is 6.92 Å². The van der Waals surface area contributed by atoms with E-state index < -0.39 is 0 Å². The lowest BCUT2D eigenvalue weighted by atomic mass is 10.3. The molecular weight excluding hydrogens is 160 g/mol. The zero-order valence-electron chi connectivity index (χ0n) is 7.86. The Hall–Kier alpha value is -1.57. The maximum Gasteiger partial charge on any atom is 0.110 e. The van der Waals surface area contributed by atoms with Crippen LogP contribution in [0.2, 0.25) is 0 Å². The van der Waals surface area contributed by atoms with Gasteiger partial charge in [0.1, 0.15) is 5.82 Å². The number of aromatic nitrogens is 2. The Morgan fingerprint density at radius 1 is 1.31 bits per heavy atom. The van der Waals surface area contributed by atoms with Crippen LogP contribution in [0.4, 0.5) is 0 Å². The number of nitrogens with zero attached hydrogens (tertiary/aromatic N) is 2. The molecule has 1 heterocycles. The molecule has 0 fully saturated rings. The van der Waals surface area contributed by atoms with Gasteiger partial charge in [-0.05, 0) is 26.0 Å². The van der Waals surface area contributed by atoms with Gasteiger partial charge in [-0.15, -0.1) is 0 Å². The summed E-state index contributed by atoms with van der Waals surface area (Å²) in [5.74, 6) is 1.03. The van der Waals surface area contributed by atoms with Gasteiger partial charge in [0.05, 0.1) is 11.0 Å². The Balaban J connectivity index is 2.78. The smallest absolute Gasteiger partial charge is 0.110 e. The molecule has 1 aromatic heterocycles. The highest BCUT2D eigenvalue weighted by Gasteiger charge is 2.02. The number of aryl methyl sites for hydroxylation is 1. The van der Waals surface area contributed by atoms with Crippen LogP contribution in [0.3, 0.4) is 0 Å². The molecule has 2 heteroatoms. The lowest BCUT2D eigenvalue weighted by molar-refractivity contribution is 1.05. The van der Waals surface area contributed by atoms with E-state index in [-0.39, 0.29) is 0 Å². The van der Waals surface area contributed by atoms with Gasteiger partial charge in [-0.2, -0.15) is 0 Å². The maximum atomic E-state index is 4.44. The number of imidazole rings is 1. The second-order valence-electron chi connectivity index (χ2n) is 3.00. The summed E-state index contributed by atoms with van der Waals surface area (Å²) >= 11 is 0. The van der Waals surface area contributed by atoms with Crippen LogP contribution in [0.1, 0.15) is 12.7 Å². The Labute approximate surface area is 77.5 Å². The van der Waals surface area contributed by atoms with Gasteiger partial charge in [-0.25, -0.2) is 4.98 Å². The van der Waals surface area contributed by atoms with Crippen molar-refractivity contribution in [3.63, 3.8) is 0 Å². The minimum Gasteiger partial charge on any atom is -0.304 e. The lowest BCUT2D eigenvalue weighted by Gasteiger charge is -1.96. The molecule has 1 aromatic carbocycles. The Morgan fingerprint density at radius 3 is 2.85 bits per heavy atom. The third-order valence-electron chi connectivity index (χ3n) is 2.07. The molecule has 0 aliphatic heterocycles. The molecule has 0 spiro atoms. The normalized spacial score (nSPS) is 11.5. The fraction of sp³-hybridized carbons (Fsp3) is 0.182. The topological polar surface area (TPSA) is 17.8 Å². The molecule has 0 amide bonds. The van der Waals surface area contributed by atoms with Crippen LogP contribution in [-0.4, -0.2) is 9.55 Å². The maximum absolute atomic E-state index is 4.44. The number of allylic oxidation sites excluding steroid dienone is 1. The highest BCUT2D eigenvalue weighted by Crippen LogP contribution is 2.15. The van der Waals surface area contributed by atoms with Crippen molar-refractivity contribution in [3.8, 4) is 0 Å². The first-order chi connectivity index (χ1) is 6.33. The number of fused-ring (bicyclic) bond motifs is 1. The van der Waals surface area contributed by atoms with Gasteiger partial charge in [-0.1, -0.05) is 18.2 Å². The van der Waals surface area contributed by atoms with Crippen molar-refractivity contribution in [3.05, 3.63) is 36.2 Å². The SMILES string of the molecule is C/C=C/n1c(C)nc2ccccc21. The molecule has 0 aliphatic carbocycles. The molecular formula is C11H12N2. The van der Waals surface area contributed by atoms with Gasteiger partial charge < -0.3 is 4.57 Å². The van der Waals surface area contributed by atoms with Gasteiger partial charge in [0.2, 0.25) is 0 Å². The largest absolute Gasteiger partial charge is 0.304 e. The van der Waals surface area contributed by atoms with E-state index in [1.807, 2.05) is 44.3 Å². The third-order valence-corrected chi connectivity index (χ3v) is 2.07. The standard InChI is InChI=1S/C11H12N2/c1-3-8-13-9(2)12-10-6-4-5-7-11(10)13/h3-8H,1-2H3/b8-3+. The quantitative estimate of drug-likeness (QED) is 0.646. The molecule has 0 unspecified atom stereocenters. The summed E-state index contributed by atoms with van der Waals surface area (Å²) < 4.78 is 2.09. The number of hydrogen-bond donors (Lipinski definition) is 0. The number of rotatable bonds is 1. The van der Waals surface area contributed by atoms with Crippen molar-refractivity contribution in [2.24, 2.45) is 0 Å². The monoisotopic (exact) mass is 172 g/mol. The van der Waals surface area contributed by atoms with E-state index in [2.05, 4.69) is 15.6 Å². The molecule has 66 valence electrons. The number of hydrogen-bond acceptors (Lipinski definition) is 1. The summed E-state index contributed by atoms with van der Waals surface area (Å²) in [6, 6.07) is 8.15. The fourth-order valence-electron chi connectivity index (χ4n) is 1.50. The summed E-state index contributed by atoms with van der Waals surface area (Å²) in [4.78, 5) is 4.44. The van der Waals surface area contributed by atoms with Gasteiger partial charge in [0.15, 0.2) is 0 Å². The van der Waals surface area contributed by atoms with Crippen molar-refractivity contribution in [1.82, 2.24) is 9.55 Å². The highest BCUT2D eigenvalue weighted by molar-refractivity contribution is 5.78.